The van der Waals surface area contributed by atoms with Gasteiger partial charge in [-0.05, 0) is 24.9 Å². The van der Waals surface area contributed by atoms with E-state index in [1.807, 2.05) is 30.3 Å². The van der Waals surface area contributed by atoms with Crippen molar-refractivity contribution in [1.82, 2.24) is 10.2 Å². The van der Waals surface area contributed by atoms with E-state index in [1.165, 1.54) is 0 Å². The summed E-state index contributed by atoms with van der Waals surface area (Å²) in [6, 6.07) is 9.93. The molecule has 1 heterocycles. The molecule has 1 amide bonds. The molecule has 5 nitrogen and oxygen atoms in total. The Balaban J connectivity index is 1.68. The fourth-order valence-electron chi connectivity index (χ4n) is 2.88. The minimum Gasteiger partial charge on any atom is -0.389 e. The monoisotopic (exact) mass is 306 g/mol. The third-order valence-corrected chi connectivity index (χ3v) is 4.01. The maximum atomic E-state index is 11.7. The zero-order valence-electron chi connectivity index (χ0n) is 13.2. The van der Waals surface area contributed by atoms with Crippen LogP contribution in [0.3, 0.4) is 0 Å². The summed E-state index contributed by atoms with van der Waals surface area (Å²) in [4.78, 5) is 13.9. The number of carbonyl (C=O) groups excluding carboxylic acids is 1. The Morgan fingerprint density at radius 2 is 2.23 bits per heavy atom. The molecule has 5 heteroatoms. The van der Waals surface area contributed by atoms with Crippen molar-refractivity contribution in [3.63, 3.8) is 0 Å². The van der Waals surface area contributed by atoms with Crippen LogP contribution in [0.1, 0.15) is 18.4 Å². The molecule has 1 aromatic carbocycles. The first-order valence-electron chi connectivity index (χ1n) is 7.92. The van der Waals surface area contributed by atoms with Crippen LogP contribution >= 0.6 is 0 Å². The van der Waals surface area contributed by atoms with Gasteiger partial charge in [0.1, 0.15) is 0 Å². The number of nitrogens with zero attached hydrogens (tertiary/aromatic N) is 1. The van der Waals surface area contributed by atoms with E-state index in [4.69, 9.17) is 4.74 Å². The highest BCUT2D eigenvalue weighted by Crippen LogP contribution is 2.16. The van der Waals surface area contributed by atoms with Gasteiger partial charge in [0.2, 0.25) is 5.91 Å². The average Bonchev–Trinajstić information content (AvgIpc) is 2.55. The van der Waals surface area contributed by atoms with Crippen molar-refractivity contribution in [2.45, 2.75) is 25.6 Å². The summed E-state index contributed by atoms with van der Waals surface area (Å²) in [6.45, 7) is 3.04. The van der Waals surface area contributed by atoms with E-state index in [0.717, 1.165) is 31.5 Å². The van der Waals surface area contributed by atoms with Gasteiger partial charge < -0.3 is 15.2 Å². The molecule has 1 saturated heterocycles. The number of benzene rings is 1. The Labute approximate surface area is 132 Å². The highest BCUT2D eigenvalue weighted by molar-refractivity contribution is 5.78. The van der Waals surface area contributed by atoms with Crippen LogP contribution in [0, 0.1) is 5.92 Å². The van der Waals surface area contributed by atoms with E-state index in [1.54, 1.807) is 7.05 Å². The molecule has 1 aliphatic rings. The summed E-state index contributed by atoms with van der Waals surface area (Å²) in [6.07, 6.45) is 1.40. The molecule has 0 radical (unpaired) electrons. The Hall–Kier alpha value is -1.43. The second-order valence-electron chi connectivity index (χ2n) is 5.87. The first-order chi connectivity index (χ1) is 10.7. The van der Waals surface area contributed by atoms with Crippen molar-refractivity contribution < 1.29 is 14.6 Å². The van der Waals surface area contributed by atoms with Gasteiger partial charge in [-0.3, -0.25) is 9.69 Å². The molecule has 122 valence electrons. The molecule has 0 aliphatic carbocycles. The van der Waals surface area contributed by atoms with Crippen molar-refractivity contribution in [2.24, 2.45) is 5.92 Å². The molecule has 0 aromatic heterocycles. The SMILES string of the molecule is CNC(=O)C1CCCN(CC(O)COCc2ccccc2)C1. The van der Waals surface area contributed by atoms with E-state index in [-0.39, 0.29) is 11.8 Å². The topological polar surface area (TPSA) is 61.8 Å². The average molecular weight is 306 g/mol. The Kier molecular flexibility index (Phi) is 6.83. The number of aliphatic hydroxyl groups excluding tert-OH is 1. The molecule has 2 N–H and O–H groups in total. The van der Waals surface area contributed by atoms with Crippen LogP contribution in [-0.4, -0.2) is 55.3 Å². The summed E-state index contributed by atoms with van der Waals surface area (Å²) in [7, 11) is 1.67. The third-order valence-electron chi connectivity index (χ3n) is 4.01. The van der Waals surface area contributed by atoms with Gasteiger partial charge in [0, 0.05) is 20.1 Å². The van der Waals surface area contributed by atoms with Gasteiger partial charge in [-0.25, -0.2) is 0 Å². The van der Waals surface area contributed by atoms with E-state index in [9.17, 15) is 9.90 Å². The Morgan fingerprint density at radius 1 is 1.45 bits per heavy atom. The number of aliphatic hydroxyl groups is 1. The Morgan fingerprint density at radius 3 is 2.95 bits per heavy atom. The number of amides is 1. The first kappa shape index (κ1) is 16.9. The summed E-state index contributed by atoms with van der Waals surface area (Å²) in [5.41, 5.74) is 1.10. The summed E-state index contributed by atoms with van der Waals surface area (Å²) in [5, 5.41) is 12.8. The van der Waals surface area contributed by atoms with Gasteiger partial charge >= 0.3 is 0 Å². The van der Waals surface area contributed by atoms with Crippen molar-refractivity contribution in [2.75, 3.05) is 33.3 Å². The van der Waals surface area contributed by atoms with E-state index >= 15 is 0 Å². The molecule has 2 atom stereocenters. The van der Waals surface area contributed by atoms with Gasteiger partial charge in [-0.15, -0.1) is 0 Å². The fraction of sp³-hybridized carbons (Fsp3) is 0.588. The molecule has 0 bridgehead atoms. The van der Waals surface area contributed by atoms with Crippen LogP contribution in [0.5, 0.6) is 0 Å². The molecule has 0 spiro atoms. The predicted molar refractivity (Wildman–Crippen MR) is 85.3 cm³/mol. The lowest BCUT2D eigenvalue weighted by molar-refractivity contribution is -0.126. The number of carbonyl (C=O) groups is 1. The lowest BCUT2D eigenvalue weighted by atomic mass is 9.97. The molecule has 0 saturated carbocycles. The largest absolute Gasteiger partial charge is 0.389 e. The molecular formula is C17H26N2O3. The molecule has 2 unspecified atom stereocenters. The zero-order valence-corrected chi connectivity index (χ0v) is 13.2. The fourth-order valence-corrected chi connectivity index (χ4v) is 2.88. The number of rotatable bonds is 7. The Bertz CT molecular complexity index is 452. The molecule has 2 rings (SSSR count). The molecule has 1 aromatic rings. The lowest BCUT2D eigenvalue weighted by Crippen LogP contribution is -2.45. The van der Waals surface area contributed by atoms with E-state index in [0.29, 0.717) is 19.8 Å². The van der Waals surface area contributed by atoms with E-state index < -0.39 is 6.10 Å². The number of nitrogens with one attached hydrogen (secondary N) is 1. The second-order valence-corrected chi connectivity index (χ2v) is 5.87. The minimum atomic E-state index is -0.521. The van der Waals surface area contributed by atoms with Crippen molar-refractivity contribution >= 4 is 5.91 Å². The highest BCUT2D eigenvalue weighted by Gasteiger charge is 2.26. The number of piperidine rings is 1. The summed E-state index contributed by atoms with van der Waals surface area (Å²) >= 11 is 0. The van der Waals surface area contributed by atoms with E-state index in [2.05, 4.69) is 10.2 Å². The third kappa shape index (κ3) is 5.40. The van der Waals surface area contributed by atoms with Crippen LogP contribution in [0.25, 0.3) is 0 Å². The van der Waals surface area contributed by atoms with Crippen LogP contribution < -0.4 is 5.32 Å². The van der Waals surface area contributed by atoms with Crippen LogP contribution in [-0.2, 0) is 16.1 Å². The zero-order chi connectivity index (χ0) is 15.8. The number of hydrogen-bond donors (Lipinski definition) is 2. The smallest absolute Gasteiger partial charge is 0.224 e. The first-order valence-corrected chi connectivity index (χ1v) is 7.92. The molecule has 22 heavy (non-hydrogen) atoms. The van der Waals surface area contributed by atoms with Crippen LogP contribution in [0.4, 0.5) is 0 Å². The molecule has 1 aliphatic heterocycles. The van der Waals surface area contributed by atoms with Gasteiger partial charge in [0.25, 0.3) is 0 Å². The van der Waals surface area contributed by atoms with Gasteiger partial charge in [0.05, 0.1) is 25.2 Å². The number of β-amino-alcohol motifs (C(OH)–C–C–N with tert-alkyl or cyclic N) is 1. The van der Waals surface area contributed by atoms with Crippen LogP contribution in [0.15, 0.2) is 30.3 Å². The number of ether oxygens (including phenoxy) is 1. The molecular weight excluding hydrogens is 280 g/mol. The van der Waals surface area contributed by atoms with Crippen molar-refractivity contribution in [3.05, 3.63) is 35.9 Å². The highest BCUT2D eigenvalue weighted by atomic mass is 16.5. The van der Waals surface area contributed by atoms with Gasteiger partial charge in [-0.2, -0.15) is 0 Å². The maximum Gasteiger partial charge on any atom is 0.224 e. The summed E-state index contributed by atoms with van der Waals surface area (Å²) in [5.74, 6) is 0.135. The van der Waals surface area contributed by atoms with Crippen molar-refractivity contribution in [3.8, 4) is 0 Å². The summed E-state index contributed by atoms with van der Waals surface area (Å²) < 4.78 is 5.56. The molecule has 1 fully saturated rings. The minimum absolute atomic E-state index is 0.0381. The number of likely N-dealkylation sites (tertiary alicyclic amines) is 1. The second kappa shape index (κ2) is 8.88. The number of hydrogen-bond acceptors (Lipinski definition) is 4. The van der Waals surface area contributed by atoms with Gasteiger partial charge in [0.15, 0.2) is 0 Å². The quantitative estimate of drug-likeness (QED) is 0.790. The predicted octanol–water partition coefficient (Wildman–Crippen LogP) is 1.02. The lowest BCUT2D eigenvalue weighted by Gasteiger charge is -2.32. The van der Waals surface area contributed by atoms with Gasteiger partial charge in [-0.1, -0.05) is 30.3 Å². The normalized spacial score (nSPS) is 20.5. The standard InChI is InChI=1S/C17H26N2O3/c1-18-17(21)15-8-5-9-19(10-15)11-16(20)13-22-12-14-6-3-2-4-7-14/h2-4,6-7,15-16,20H,5,8-13H2,1H3,(H,18,21). The maximum absolute atomic E-state index is 11.7. The van der Waals surface area contributed by atoms with Crippen molar-refractivity contribution in [1.29, 1.82) is 0 Å². The van der Waals surface area contributed by atoms with Crippen LogP contribution in [0.2, 0.25) is 0 Å².